The van der Waals surface area contributed by atoms with Crippen LogP contribution in [0.1, 0.15) is 61.0 Å². The van der Waals surface area contributed by atoms with Crippen molar-refractivity contribution in [2.24, 2.45) is 0 Å². The molecule has 1 fully saturated rings. The average molecular weight is 881 g/mol. The molecule has 6 rings (SSSR count). The van der Waals surface area contributed by atoms with E-state index in [9.17, 15) is 9.90 Å². The quantitative estimate of drug-likeness (QED) is 0.0799. The number of benzene rings is 5. The van der Waals surface area contributed by atoms with Crippen LogP contribution >= 0.6 is 15.9 Å². The number of ketones is 1. The van der Waals surface area contributed by atoms with Gasteiger partial charge in [-0.3, -0.25) is 4.79 Å². The summed E-state index contributed by atoms with van der Waals surface area (Å²) in [6.45, 7) is 14.9. The zero-order valence-corrected chi connectivity index (χ0v) is 32.1. The van der Waals surface area contributed by atoms with Crippen LogP contribution in [-0.4, -0.2) is 17.4 Å². The minimum Gasteiger partial charge on any atom is -0.519 e. The number of carbonyl (C=O) groups excluding carboxylic acids is 1. The molecular weight excluding hydrogens is 839 g/mol. The number of aliphatic hydroxyl groups is 1. The number of carbonyl (C=O) groups is 1. The Bertz CT molecular complexity index is 1800. The first-order chi connectivity index (χ1) is 22.5. The number of aryl methyl sites for hydroxylation is 6. The van der Waals surface area contributed by atoms with Crippen LogP contribution in [0.4, 0.5) is 11.4 Å². The summed E-state index contributed by atoms with van der Waals surface area (Å²) in [6.07, 6.45) is 1.47. The van der Waals surface area contributed by atoms with E-state index < -0.39 is 0 Å². The zero-order valence-electron chi connectivity index (χ0n) is 28.2. The standard InChI is InChI=1S/C21H17BrN2.C21H24O2.Pt/c22-18-13-11-17(12-14-18)21-23(19-7-3-1-4-8-19)15-16-24(21)20-9-5-2-6-10-20;1-12-7-14(3)20(15(4)8-12)18(22)11-19(23)21-16(5)9-13(2)10-17(21)6;/h1-9,11-14,16,21H,15H2;7-11,22H,1-6H3;/q-2;;+2/b;18-11-;. The third-order valence-corrected chi connectivity index (χ3v) is 8.91. The van der Waals surface area contributed by atoms with Crippen LogP contribution in [0.2, 0.25) is 0 Å². The van der Waals surface area contributed by atoms with Crippen molar-refractivity contribution in [2.75, 3.05) is 16.3 Å². The van der Waals surface area contributed by atoms with Crippen molar-refractivity contribution in [1.29, 1.82) is 0 Å². The van der Waals surface area contributed by atoms with Gasteiger partial charge in [-0.15, -0.1) is 5.69 Å². The molecule has 4 nitrogen and oxygen atoms in total. The van der Waals surface area contributed by atoms with Gasteiger partial charge in [0.25, 0.3) is 0 Å². The molecule has 0 spiro atoms. The van der Waals surface area contributed by atoms with Crippen LogP contribution in [0, 0.1) is 54.2 Å². The Kier molecular flexibility index (Phi) is 12.7. The summed E-state index contributed by atoms with van der Waals surface area (Å²) >= 11 is 3.53. The van der Waals surface area contributed by atoms with Crippen LogP contribution < -0.4 is 9.80 Å². The molecule has 5 aromatic rings. The molecule has 1 unspecified atom stereocenters. The molecule has 0 radical (unpaired) electrons. The van der Waals surface area contributed by atoms with Gasteiger partial charge in [0, 0.05) is 27.4 Å². The Balaban J connectivity index is 0.000000213. The first-order valence-electron chi connectivity index (χ1n) is 15.8. The molecule has 1 N–H and O–H groups in total. The number of para-hydroxylation sites is 2. The number of nitrogens with zero attached hydrogens (tertiary/aromatic N) is 2. The third-order valence-electron chi connectivity index (χ3n) is 8.38. The van der Waals surface area contributed by atoms with Crippen LogP contribution in [0.15, 0.2) is 114 Å². The topological polar surface area (TPSA) is 43.8 Å². The molecule has 1 heterocycles. The predicted molar refractivity (Wildman–Crippen MR) is 199 cm³/mol. The van der Waals surface area contributed by atoms with Gasteiger partial charge in [0.15, 0.2) is 5.78 Å². The summed E-state index contributed by atoms with van der Waals surface area (Å²) in [6, 6.07) is 38.6. The van der Waals surface area contributed by atoms with Gasteiger partial charge < -0.3 is 14.9 Å². The Morgan fingerprint density at radius 1 is 0.792 bits per heavy atom. The second-order valence-electron chi connectivity index (χ2n) is 12.2. The maximum absolute atomic E-state index is 12.6. The van der Waals surface area contributed by atoms with Crippen molar-refractivity contribution >= 4 is 38.8 Å². The Morgan fingerprint density at radius 3 is 1.88 bits per heavy atom. The number of aliphatic hydroxyl groups excluding tert-OH is 1. The average Bonchev–Trinajstić information content (AvgIpc) is 3.47. The number of anilines is 2. The van der Waals surface area contributed by atoms with Gasteiger partial charge in [0.1, 0.15) is 5.76 Å². The van der Waals surface area contributed by atoms with Crippen molar-refractivity contribution in [3.05, 3.63) is 176 Å². The van der Waals surface area contributed by atoms with Crippen LogP contribution in [0.5, 0.6) is 0 Å². The maximum atomic E-state index is 12.6. The SMILES string of the molecule is Brc1ccc(C2N(c3[c-]cccc3)[CH-]CN2c2ccccc2)cc1.Cc1cc(C)c(C(=O)/C=C(\O)c2c(C)cc(C)cc2C)c(C)c1.[Pt+2]. The van der Waals surface area contributed by atoms with Crippen molar-refractivity contribution < 1.29 is 31.0 Å². The summed E-state index contributed by atoms with van der Waals surface area (Å²) in [5, 5.41) is 10.5. The predicted octanol–water partition coefficient (Wildman–Crippen LogP) is 10.8. The molecular formula is C42H41BrN2O2Pt. The van der Waals surface area contributed by atoms with E-state index in [1.54, 1.807) is 0 Å². The monoisotopic (exact) mass is 879 g/mol. The molecule has 0 bridgehead atoms. The smallest absolute Gasteiger partial charge is 0.519 e. The van der Waals surface area contributed by atoms with E-state index in [1.165, 1.54) is 17.3 Å². The zero-order chi connectivity index (χ0) is 33.7. The minimum atomic E-state index is -0.156. The second kappa shape index (κ2) is 16.5. The Hall–Kier alpha value is -3.92. The largest absolute Gasteiger partial charge is 2.00 e. The Labute approximate surface area is 308 Å². The maximum Gasteiger partial charge on any atom is 2.00 e. The van der Waals surface area contributed by atoms with E-state index in [4.69, 9.17) is 0 Å². The number of hydrogen-bond donors (Lipinski definition) is 1. The fourth-order valence-corrected chi connectivity index (χ4v) is 6.83. The summed E-state index contributed by atoms with van der Waals surface area (Å²) in [5.41, 5.74) is 11.1. The van der Waals surface area contributed by atoms with Crippen LogP contribution in [0.25, 0.3) is 5.76 Å². The molecule has 5 aromatic carbocycles. The first kappa shape index (κ1) is 36.9. The summed E-state index contributed by atoms with van der Waals surface area (Å²) in [7, 11) is 0. The van der Waals surface area contributed by atoms with Gasteiger partial charge in [-0.05, 0) is 93.6 Å². The van der Waals surface area contributed by atoms with Crippen molar-refractivity contribution in [2.45, 2.75) is 47.7 Å². The molecule has 0 aromatic heterocycles. The molecule has 0 saturated carbocycles. The summed E-state index contributed by atoms with van der Waals surface area (Å²) in [4.78, 5) is 17.3. The van der Waals surface area contributed by atoms with E-state index in [0.717, 1.165) is 55.6 Å². The molecule has 248 valence electrons. The van der Waals surface area contributed by atoms with E-state index >= 15 is 0 Å². The normalized spacial score (nSPS) is 14.2. The van der Waals surface area contributed by atoms with Gasteiger partial charge in [-0.1, -0.05) is 88.2 Å². The molecule has 6 heteroatoms. The fraction of sp³-hybridized carbons (Fsp3) is 0.190. The van der Waals surface area contributed by atoms with Crippen molar-refractivity contribution in [3.63, 3.8) is 0 Å². The van der Waals surface area contributed by atoms with Gasteiger partial charge >= 0.3 is 21.1 Å². The van der Waals surface area contributed by atoms with Crippen molar-refractivity contribution in [3.8, 4) is 0 Å². The molecule has 1 aliphatic rings. The van der Waals surface area contributed by atoms with E-state index in [2.05, 4.69) is 105 Å². The molecule has 1 saturated heterocycles. The molecule has 0 aliphatic carbocycles. The van der Waals surface area contributed by atoms with Gasteiger partial charge in [0.05, 0.1) is 6.17 Å². The minimum absolute atomic E-state index is 0. The molecule has 1 atom stereocenters. The van der Waals surface area contributed by atoms with Gasteiger partial charge in [-0.2, -0.15) is 30.3 Å². The van der Waals surface area contributed by atoms with Crippen LogP contribution in [0.3, 0.4) is 0 Å². The molecule has 48 heavy (non-hydrogen) atoms. The molecule has 1 aliphatic heterocycles. The number of rotatable bonds is 6. The van der Waals surface area contributed by atoms with Crippen molar-refractivity contribution in [1.82, 2.24) is 0 Å². The third kappa shape index (κ3) is 8.56. The summed E-state index contributed by atoms with van der Waals surface area (Å²) < 4.78 is 1.09. The Morgan fingerprint density at radius 2 is 1.33 bits per heavy atom. The van der Waals surface area contributed by atoms with Gasteiger partial charge in [0.2, 0.25) is 0 Å². The number of allylic oxidation sites excluding steroid dienone is 1. The first-order valence-corrected chi connectivity index (χ1v) is 16.6. The van der Waals surface area contributed by atoms with E-state index in [-0.39, 0.29) is 38.8 Å². The number of hydrogen-bond acceptors (Lipinski definition) is 4. The summed E-state index contributed by atoms with van der Waals surface area (Å²) in [5.74, 6) is -0.124. The van der Waals surface area contributed by atoms with Crippen LogP contribution in [-0.2, 0) is 21.1 Å². The van der Waals surface area contributed by atoms with E-state index in [0.29, 0.717) is 5.56 Å². The van der Waals surface area contributed by atoms with E-state index in [1.807, 2.05) is 77.9 Å². The number of halogens is 1. The second-order valence-corrected chi connectivity index (χ2v) is 13.1. The molecule has 0 amide bonds. The van der Waals surface area contributed by atoms with Gasteiger partial charge in [-0.25, -0.2) is 6.54 Å². The fourth-order valence-electron chi connectivity index (χ4n) is 6.56.